The Morgan fingerprint density at radius 1 is 1.24 bits per heavy atom. The minimum atomic E-state index is 0.521. The van der Waals surface area contributed by atoms with Crippen LogP contribution < -0.4 is 5.32 Å². The molecule has 0 spiro atoms. The quantitative estimate of drug-likeness (QED) is 0.905. The van der Waals surface area contributed by atoms with Crippen molar-refractivity contribution in [1.29, 1.82) is 0 Å². The zero-order valence-electron chi connectivity index (χ0n) is 13.0. The first-order chi connectivity index (χ1) is 10.3. The van der Waals surface area contributed by atoms with Crippen LogP contribution in [0.15, 0.2) is 28.7 Å². The second-order valence-corrected chi connectivity index (χ2v) is 5.97. The second kappa shape index (κ2) is 6.63. The summed E-state index contributed by atoms with van der Waals surface area (Å²) in [7, 11) is 0. The van der Waals surface area contributed by atoms with E-state index in [4.69, 9.17) is 9.15 Å². The molecule has 1 saturated heterocycles. The lowest BCUT2D eigenvalue weighted by Crippen LogP contribution is -2.36. The molecule has 1 aromatic carbocycles. The standard InChI is InChI=1S/C18H25NO2/c1-3-17-16(15-6-4-5-7-18(15)21-17)12-19-13(2)14-8-10-20-11-9-14/h4-7,13-14,19H,3,8-12H2,1-2H3. The van der Waals surface area contributed by atoms with Gasteiger partial charge >= 0.3 is 0 Å². The van der Waals surface area contributed by atoms with Gasteiger partial charge in [0.2, 0.25) is 0 Å². The van der Waals surface area contributed by atoms with Gasteiger partial charge < -0.3 is 14.5 Å². The van der Waals surface area contributed by atoms with Crippen LogP contribution in [0.2, 0.25) is 0 Å². The second-order valence-electron chi connectivity index (χ2n) is 5.97. The van der Waals surface area contributed by atoms with Crippen molar-refractivity contribution in [2.24, 2.45) is 5.92 Å². The highest BCUT2D eigenvalue weighted by Crippen LogP contribution is 2.27. The normalized spacial score (nSPS) is 18.2. The molecule has 0 amide bonds. The number of hydrogen-bond acceptors (Lipinski definition) is 3. The van der Waals surface area contributed by atoms with Gasteiger partial charge in [0.05, 0.1) is 0 Å². The summed E-state index contributed by atoms with van der Waals surface area (Å²) in [5, 5.41) is 4.96. The predicted octanol–water partition coefficient (Wildman–Crippen LogP) is 3.90. The predicted molar refractivity (Wildman–Crippen MR) is 85.4 cm³/mol. The maximum atomic E-state index is 5.97. The van der Waals surface area contributed by atoms with E-state index >= 15 is 0 Å². The highest BCUT2D eigenvalue weighted by Gasteiger charge is 2.21. The molecule has 1 aliphatic heterocycles. The van der Waals surface area contributed by atoms with Crippen molar-refractivity contribution in [2.75, 3.05) is 13.2 Å². The van der Waals surface area contributed by atoms with Crippen molar-refractivity contribution in [1.82, 2.24) is 5.32 Å². The molecule has 0 bridgehead atoms. The summed E-state index contributed by atoms with van der Waals surface area (Å²) in [6.07, 6.45) is 3.28. The van der Waals surface area contributed by atoms with E-state index in [0.717, 1.165) is 43.4 Å². The Bertz CT molecular complexity index is 584. The number of nitrogens with one attached hydrogen (secondary N) is 1. The van der Waals surface area contributed by atoms with Crippen molar-refractivity contribution in [3.8, 4) is 0 Å². The van der Waals surface area contributed by atoms with E-state index in [2.05, 4.69) is 37.4 Å². The first-order valence-electron chi connectivity index (χ1n) is 8.10. The van der Waals surface area contributed by atoms with Gasteiger partial charge in [0, 0.05) is 43.2 Å². The maximum absolute atomic E-state index is 5.97. The van der Waals surface area contributed by atoms with Crippen LogP contribution in [0.4, 0.5) is 0 Å². The smallest absolute Gasteiger partial charge is 0.134 e. The molecule has 1 aromatic heterocycles. The topological polar surface area (TPSA) is 34.4 Å². The van der Waals surface area contributed by atoms with Gasteiger partial charge in [0.1, 0.15) is 11.3 Å². The largest absolute Gasteiger partial charge is 0.461 e. The van der Waals surface area contributed by atoms with E-state index < -0.39 is 0 Å². The molecule has 2 aromatic rings. The zero-order chi connectivity index (χ0) is 14.7. The van der Waals surface area contributed by atoms with Crippen LogP contribution in [0.25, 0.3) is 11.0 Å². The van der Waals surface area contributed by atoms with Crippen LogP contribution in [-0.4, -0.2) is 19.3 Å². The van der Waals surface area contributed by atoms with Crippen molar-refractivity contribution < 1.29 is 9.15 Å². The molecule has 0 aliphatic carbocycles. The summed E-state index contributed by atoms with van der Waals surface area (Å²) in [4.78, 5) is 0. The number of furan rings is 1. The summed E-state index contributed by atoms with van der Waals surface area (Å²) in [5.74, 6) is 1.84. The third kappa shape index (κ3) is 3.14. The minimum absolute atomic E-state index is 0.521. The number of hydrogen-bond donors (Lipinski definition) is 1. The molecule has 1 N–H and O–H groups in total. The van der Waals surface area contributed by atoms with Crippen molar-refractivity contribution in [3.63, 3.8) is 0 Å². The van der Waals surface area contributed by atoms with Gasteiger partial charge in [-0.05, 0) is 31.7 Å². The lowest BCUT2D eigenvalue weighted by Gasteiger charge is -2.28. The van der Waals surface area contributed by atoms with Crippen molar-refractivity contribution in [3.05, 3.63) is 35.6 Å². The highest BCUT2D eigenvalue weighted by molar-refractivity contribution is 5.82. The van der Waals surface area contributed by atoms with Crippen LogP contribution in [0.5, 0.6) is 0 Å². The molecule has 1 atom stereocenters. The monoisotopic (exact) mass is 287 g/mol. The molecule has 114 valence electrons. The van der Waals surface area contributed by atoms with E-state index in [1.807, 2.05) is 6.07 Å². The highest BCUT2D eigenvalue weighted by atomic mass is 16.5. The molecule has 3 nitrogen and oxygen atoms in total. The third-order valence-corrected chi connectivity index (χ3v) is 4.68. The third-order valence-electron chi connectivity index (χ3n) is 4.68. The Kier molecular flexibility index (Phi) is 4.61. The van der Waals surface area contributed by atoms with Crippen LogP contribution in [0.1, 0.15) is 38.0 Å². The van der Waals surface area contributed by atoms with Crippen LogP contribution in [0, 0.1) is 5.92 Å². The molecule has 2 heterocycles. The Morgan fingerprint density at radius 2 is 2.00 bits per heavy atom. The van der Waals surface area contributed by atoms with E-state index in [-0.39, 0.29) is 0 Å². The molecule has 1 aliphatic rings. The SMILES string of the molecule is CCc1oc2ccccc2c1CNC(C)C1CCOCC1. The summed E-state index contributed by atoms with van der Waals surface area (Å²) in [6.45, 7) is 7.16. The molecule has 3 rings (SSSR count). The average Bonchev–Trinajstić information content (AvgIpc) is 2.91. The molecule has 1 unspecified atom stereocenters. The minimum Gasteiger partial charge on any atom is -0.461 e. The fourth-order valence-corrected chi connectivity index (χ4v) is 3.27. The number of para-hydroxylation sites is 1. The van der Waals surface area contributed by atoms with E-state index in [1.54, 1.807) is 0 Å². The van der Waals surface area contributed by atoms with Gasteiger partial charge in [0.25, 0.3) is 0 Å². The lowest BCUT2D eigenvalue weighted by atomic mass is 9.92. The lowest BCUT2D eigenvalue weighted by molar-refractivity contribution is 0.0558. The van der Waals surface area contributed by atoms with E-state index in [0.29, 0.717) is 6.04 Å². The summed E-state index contributed by atoms with van der Waals surface area (Å²) >= 11 is 0. The fraction of sp³-hybridized carbons (Fsp3) is 0.556. The number of fused-ring (bicyclic) bond motifs is 1. The van der Waals surface area contributed by atoms with Crippen molar-refractivity contribution >= 4 is 11.0 Å². The van der Waals surface area contributed by atoms with Gasteiger partial charge in [0.15, 0.2) is 0 Å². The first kappa shape index (κ1) is 14.6. The molecular formula is C18H25NO2. The van der Waals surface area contributed by atoms with Crippen LogP contribution >= 0.6 is 0 Å². The number of benzene rings is 1. The summed E-state index contributed by atoms with van der Waals surface area (Å²) < 4.78 is 11.4. The maximum Gasteiger partial charge on any atom is 0.134 e. The van der Waals surface area contributed by atoms with Crippen LogP contribution in [-0.2, 0) is 17.7 Å². The number of rotatable bonds is 5. The molecule has 3 heteroatoms. The molecule has 21 heavy (non-hydrogen) atoms. The van der Waals surface area contributed by atoms with Crippen molar-refractivity contribution in [2.45, 2.75) is 45.7 Å². The molecule has 1 fully saturated rings. The zero-order valence-corrected chi connectivity index (χ0v) is 13.0. The molecule has 0 saturated carbocycles. The van der Waals surface area contributed by atoms with E-state index in [9.17, 15) is 0 Å². The molecule has 0 radical (unpaired) electrons. The Balaban J connectivity index is 1.72. The van der Waals surface area contributed by atoms with E-state index in [1.165, 1.54) is 23.8 Å². The fourth-order valence-electron chi connectivity index (χ4n) is 3.27. The van der Waals surface area contributed by atoms with Gasteiger partial charge in [-0.25, -0.2) is 0 Å². The summed E-state index contributed by atoms with van der Waals surface area (Å²) in [6, 6.07) is 8.86. The average molecular weight is 287 g/mol. The number of ether oxygens (including phenoxy) is 1. The Morgan fingerprint density at radius 3 is 2.76 bits per heavy atom. The van der Waals surface area contributed by atoms with Gasteiger partial charge in [-0.3, -0.25) is 0 Å². The first-order valence-corrected chi connectivity index (χ1v) is 8.10. The number of aryl methyl sites for hydroxylation is 1. The van der Waals surface area contributed by atoms with Gasteiger partial charge in [-0.15, -0.1) is 0 Å². The van der Waals surface area contributed by atoms with Gasteiger partial charge in [-0.1, -0.05) is 25.1 Å². The van der Waals surface area contributed by atoms with Gasteiger partial charge in [-0.2, -0.15) is 0 Å². The Hall–Kier alpha value is -1.32. The molecular weight excluding hydrogens is 262 g/mol. The Labute approximate surface area is 126 Å². The summed E-state index contributed by atoms with van der Waals surface area (Å²) in [5.41, 5.74) is 2.33. The van der Waals surface area contributed by atoms with Crippen LogP contribution in [0.3, 0.4) is 0 Å².